The monoisotopic (exact) mass is 302 g/mol. The Labute approximate surface area is 131 Å². The van der Waals surface area contributed by atoms with Crippen molar-refractivity contribution < 1.29 is 9.50 Å². The van der Waals surface area contributed by atoms with E-state index in [1.165, 1.54) is 12.1 Å². The molecule has 0 fully saturated rings. The van der Waals surface area contributed by atoms with Crippen molar-refractivity contribution in [2.45, 2.75) is 39.4 Å². The highest BCUT2D eigenvalue weighted by Crippen LogP contribution is 2.15. The predicted octanol–water partition coefficient (Wildman–Crippen LogP) is 3.30. The van der Waals surface area contributed by atoms with E-state index in [4.69, 9.17) is 0 Å². The van der Waals surface area contributed by atoms with E-state index in [0.29, 0.717) is 13.1 Å². The Morgan fingerprint density at radius 1 is 1.14 bits per heavy atom. The van der Waals surface area contributed by atoms with Crippen molar-refractivity contribution in [3.8, 4) is 0 Å². The molecular formula is C18H23FN2O. The third-order valence-corrected chi connectivity index (χ3v) is 3.81. The van der Waals surface area contributed by atoms with Crippen LogP contribution in [0.4, 0.5) is 4.39 Å². The quantitative estimate of drug-likeness (QED) is 0.852. The standard InChI is InChI=1S/C18H23FN2O/c1-3-18(13-22)21(11-15-7-9-16(19)10-8-15)12-17-6-4-5-14(2)20-17/h4-10,18,22H,3,11-13H2,1-2H3/t18-/m1/s1. The van der Waals surface area contributed by atoms with E-state index in [1.807, 2.05) is 25.1 Å². The lowest BCUT2D eigenvalue weighted by atomic mass is 10.1. The van der Waals surface area contributed by atoms with Gasteiger partial charge >= 0.3 is 0 Å². The van der Waals surface area contributed by atoms with Crippen LogP contribution in [0.5, 0.6) is 0 Å². The summed E-state index contributed by atoms with van der Waals surface area (Å²) < 4.78 is 13.0. The van der Waals surface area contributed by atoms with Gasteiger partial charge in [0.25, 0.3) is 0 Å². The number of aromatic nitrogens is 1. The summed E-state index contributed by atoms with van der Waals surface area (Å²) in [6, 6.07) is 12.5. The average molecular weight is 302 g/mol. The molecule has 0 saturated carbocycles. The van der Waals surface area contributed by atoms with Crippen molar-refractivity contribution in [2.24, 2.45) is 0 Å². The van der Waals surface area contributed by atoms with E-state index >= 15 is 0 Å². The molecule has 118 valence electrons. The Hall–Kier alpha value is -1.78. The van der Waals surface area contributed by atoms with Gasteiger partial charge in [0.1, 0.15) is 5.82 Å². The van der Waals surface area contributed by atoms with Crippen molar-refractivity contribution in [3.05, 3.63) is 65.2 Å². The maximum absolute atomic E-state index is 13.0. The topological polar surface area (TPSA) is 36.4 Å². The van der Waals surface area contributed by atoms with E-state index in [2.05, 4.69) is 16.8 Å². The van der Waals surface area contributed by atoms with Gasteiger partial charge in [-0.15, -0.1) is 0 Å². The number of rotatable bonds is 7. The third-order valence-electron chi connectivity index (χ3n) is 3.81. The molecule has 0 amide bonds. The molecule has 22 heavy (non-hydrogen) atoms. The molecule has 1 N–H and O–H groups in total. The molecule has 0 unspecified atom stereocenters. The molecular weight excluding hydrogens is 279 g/mol. The second-order valence-electron chi connectivity index (χ2n) is 5.55. The van der Waals surface area contributed by atoms with Gasteiger partial charge in [0.2, 0.25) is 0 Å². The summed E-state index contributed by atoms with van der Waals surface area (Å²) in [6.07, 6.45) is 0.851. The molecule has 0 radical (unpaired) electrons. The number of aliphatic hydroxyl groups excluding tert-OH is 1. The van der Waals surface area contributed by atoms with Gasteiger partial charge in [0, 0.05) is 24.8 Å². The number of hydrogen-bond acceptors (Lipinski definition) is 3. The van der Waals surface area contributed by atoms with Crippen molar-refractivity contribution in [3.63, 3.8) is 0 Å². The molecule has 4 heteroatoms. The van der Waals surface area contributed by atoms with Crippen LogP contribution in [0.15, 0.2) is 42.5 Å². The van der Waals surface area contributed by atoms with E-state index in [-0.39, 0.29) is 18.5 Å². The molecule has 0 saturated heterocycles. The molecule has 0 bridgehead atoms. The van der Waals surface area contributed by atoms with Gasteiger partial charge < -0.3 is 5.11 Å². The number of halogens is 1. The first kappa shape index (κ1) is 16.6. The SMILES string of the molecule is CC[C@H](CO)N(Cc1ccc(F)cc1)Cc1cccc(C)n1. The minimum atomic E-state index is -0.232. The molecule has 3 nitrogen and oxygen atoms in total. The Morgan fingerprint density at radius 2 is 1.86 bits per heavy atom. The fourth-order valence-corrected chi connectivity index (χ4v) is 2.54. The highest BCUT2D eigenvalue weighted by atomic mass is 19.1. The van der Waals surface area contributed by atoms with Gasteiger partial charge in [-0.2, -0.15) is 0 Å². The smallest absolute Gasteiger partial charge is 0.123 e. The van der Waals surface area contributed by atoms with Crippen LogP contribution in [0, 0.1) is 12.7 Å². The summed E-state index contributed by atoms with van der Waals surface area (Å²) in [7, 11) is 0. The summed E-state index contributed by atoms with van der Waals surface area (Å²) >= 11 is 0. The molecule has 0 spiro atoms. The van der Waals surface area contributed by atoms with Crippen LogP contribution >= 0.6 is 0 Å². The second kappa shape index (κ2) is 8.01. The zero-order valence-electron chi connectivity index (χ0n) is 13.2. The van der Waals surface area contributed by atoms with Gasteiger partial charge in [0.15, 0.2) is 0 Å². The van der Waals surface area contributed by atoms with Crippen molar-refractivity contribution in [1.82, 2.24) is 9.88 Å². The first-order chi connectivity index (χ1) is 10.6. The van der Waals surface area contributed by atoms with Crippen LogP contribution in [-0.4, -0.2) is 27.6 Å². The van der Waals surface area contributed by atoms with E-state index < -0.39 is 0 Å². The summed E-state index contributed by atoms with van der Waals surface area (Å²) in [5, 5.41) is 9.63. The average Bonchev–Trinajstić information content (AvgIpc) is 2.51. The van der Waals surface area contributed by atoms with Crippen LogP contribution in [0.3, 0.4) is 0 Å². The number of pyridine rings is 1. The Kier molecular flexibility index (Phi) is 6.04. The highest BCUT2D eigenvalue weighted by molar-refractivity contribution is 5.16. The number of benzene rings is 1. The molecule has 1 aromatic carbocycles. The van der Waals surface area contributed by atoms with Crippen LogP contribution < -0.4 is 0 Å². The molecule has 0 aliphatic rings. The van der Waals surface area contributed by atoms with E-state index in [0.717, 1.165) is 23.4 Å². The molecule has 2 rings (SSSR count). The third kappa shape index (κ3) is 4.61. The Balaban J connectivity index is 2.16. The predicted molar refractivity (Wildman–Crippen MR) is 85.8 cm³/mol. The first-order valence-electron chi connectivity index (χ1n) is 7.64. The zero-order valence-corrected chi connectivity index (χ0v) is 13.2. The van der Waals surface area contributed by atoms with Gasteiger partial charge in [-0.3, -0.25) is 9.88 Å². The van der Waals surface area contributed by atoms with Gasteiger partial charge in [-0.1, -0.05) is 25.1 Å². The molecule has 1 aromatic heterocycles. The van der Waals surface area contributed by atoms with Crippen LogP contribution in [-0.2, 0) is 13.1 Å². The number of hydrogen-bond donors (Lipinski definition) is 1. The van der Waals surface area contributed by atoms with Crippen LogP contribution in [0.1, 0.15) is 30.3 Å². The minimum absolute atomic E-state index is 0.0624. The van der Waals surface area contributed by atoms with Crippen molar-refractivity contribution in [2.75, 3.05) is 6.61 Å². The number of aryl methyl sites for hydroxylation is 1. The number of nitrogens with zero attached hydrogens (tertiary/aromatic N) is 2. The molecule has 0 aliphatic heterocycles. The normalized spacial score (nSPS) is 12.6. The minimum Gasteiger partial charge on any atom is -0.395 e. The summed E-state index contributed by atoms with van der Waals surface area (Å²) in [5.74, 6) is -0.232. The van der Waals surface area contributed by atoms with Gasteiger partial charge in [-0.05, 0) is 43.2 Å². The fraction of sp³-hybridized carbons (Fsp3) is 0.389. The van der Waals surface area contributed by atoms with E-state index in [1.54, 1.807) is 12.1 Å². The lowest BCUT2D eigenvalue weighted by Crippen LogP contribution is -2.36. The second-order valence-corrected chi connectivity index (χ2v) is 5.55. The lowest BCUT2D eigenvalue weighted by molar-refractivity contribution is 0.105. The lowest BCUT2D eigenvalue weighted by Gasteiger charge is -2.29. The largest absolute Gasteiger partial charge is 0.395 e. The van der Waals surface area contributed by atoms with Crippen LogP contribution in [0.2, 0.25) is 0 Å². The summed E-state index contributed by atoms with van der Waals surface area (Å²) in [5.41, 5.74) is 2.99. The maximum Gasteiger partial charge on any atom is 0.123 e. The number of aliphatic hydroxyl groups is 1. The molecule has 2 aromatic rings. The fourth-order valence-electron chi connectivity index (χ4n) is 2.54. The molecule has 0 aliphatic carbocycles. The molecule has 1 atom stereocenters. The molecule has 1 heterocycles. The summed E-state index contributed by atoms with van der Waals surface area (Å²) in [6.45, 7) is 5.45. The summed E-state index contributed by atoms with van der Waals surface area (Å²) in [4.78, 5) is 6.73. The van der Waals surface area contributed by atoms with E-state index in [9.17, 15) is 9.50 Å². The first-order valence-corrected chi connectivity index (χ1v) is 7.64. The highest BCUT2D eigenvalue weighted by Gasteiger charge is 2.17. The van der Waals surface area contributed by atoms with Gasteiger partial charge in [-0.25, -0.2) is 4.39 Å². The maximum atomic E-state index is 13.0. The zero-order chi connectivity index (χ0) is 15.9. The van der Waals surface area contributed by atoms with Crippen molar-refractivity contribution >= 4 is 0 Å². The van der Waals surface area contributed by atoms with Crippen LogP contribution in [0.25, 0.3) is 0 Å². The Morgan fingerprint density at radius 3 is 2.45 bits per heavy atom. The Bertz CT molecular complexity index is 582. The van der Waals surface area contributed by atoms with Gasteiger partial charge in [0.05, 0.1) is 12.3 Å². The van der Waals surface area contributed by atoms with Crippen molar-refractivity contribution in [1.29, 1.82) is 0 Å².